The van der Waals surface area contributed by atoms with Crippen molar-refractivity contribution in [2.75, 3.05) is 11.9 Å². The molecule has 0 saturated heterocycles. The van der Waals surface area contributed by atoms with Crippen LogP contribution in [0.5, 0.6) is 5.75 Å². The second kappa shape index (κ2) is 10.1. The standard InChI is InChI=1S/C26H24ClF2N3O4/c1-3-20(26(35)31-15-5-6-16(25(30)34)19(28)9-15)32-11-21-17(10-22(32)33)23-14(8-13(2)12-36-21)4-7-18(27)24(23)29/h4-7,9-11,13,20H,3,8,12H2,1-2H3,(H2,30,34)(H,31,35)/t13?,20-/m0/s1. The molecule has 1 aliphatic rings. The van der Waals surface area contributed by atoms with Crippen LogP contribution in [0.25, 0.3) is 11.1 Å². The molecule has 188 valence electrons. The van der Waals surface area contributed by atoms with Crippen LogP contribution < -0.4 is 21.3 Å². The number of ether oxygens (including phenoxy) is 1. The van der Waals surface area contributed by atoms with E-state index >= 15 is 4.39 Å². The van der Waals surface area contributed by atoms with E-state index in [4.69, 9.17) is 22.1 Å². The predicted molar refractivity (Wildman–Crippen MR) is 132 cm³/mol. The Kier molecular flexibility index (Phi) is 7.12. The Morgan fingerprint density at radius 3 is 2.67 bits per heavy atom. The Labute approximate surface area is 210 Å². The first-order valence-corrected chi connectivity index (χ1v) is 11.7. The molecule has 1 unspecified atom stereocenters. The van der Waals surface area contributed by atoms with E-state index in [0.717, 1.165) is 12.1 Å². The maximum atomic E-state index is 15.1. The van der Waals surface area contributed by atoms with Crippen LogP contribution in [0.3, 0.4) is 0 Å². The zero-order valence-corrected chi connectivity index (χ0v) is 20.4. The minimum atomic E-state index is -0.975. The number of pyridine rings is 1. The average molecular weight is 516 g/mol. The van der Waals surface area contributed by atoms with Crippen molar-refractivity contribution in [1.82, 2.24) is 4.57 Å². The molecule has 36 heavy (non-hydrogen) atoms. The first-order chi connectivity index (χ1) is 17.1. The van der Waals surface area contributed by atoms with Gasteiger partial charge in [-0.3, -0.25) is 19.0 Å². The maximum absolute atomic E-state index is 15.1. The van der Waals surface area contributed by atoms with Crippen LogP contribution in [0.4, 0.5) is 14.5 Å². The quantitative estimate of drug-likeness (QED) is 0.513. The molecular formula is C26H24ClF2N3O4. The smallest absolute Gasteiger partial charge is 0.252 e. The van der Waals surface area contributed by atoms with Gasteiger partial charge in [0.05, 0.1) is 23.4 Å². The van der Waals surface area contributed by atoms with Crippen LogP contribution in [0.2, 0.25) is 5.02 Å². The molecule has 0 aliphatic carbocycles. The van der Waals surface area contributed by atoms with Gasteiger partial charge in [-0.05, 0) is 48.6 Å². The molecule has 4 rings (SSSR count). The van der Waals surface area contributed by atoms with E-state index in [-0.39, 0.29) is 45.5 Å². The number of halogens is 3. The van der Waals surface area contributed by atoms with Gasteiger partial charge in [0.15, 0.2) is 0 Å². The molecule has 0 radical (unpaired) electrons. The van der Waals surface area contributed by atoms with Crippen molar-refractivity contribution in [2.24, 2.45) is 11.7 Å². The number of hydrogen-bond acceptors (Lipinski definition) is 4. The Balaban J connectivity index is 1.74. The summed E-state index contributed by atoms with van der Waals surface area (Å²) in [6.07, 6.45) is 2.15. The third-order valence-electron chi connectivity index (χ3n) is 6.11. The number of aromatic nitrogens is 1. The SMILES string of the molecule is CC[C@@H](C(=O)Nc1ccc(C(N)=O)c(F)c1)n1cc2c(cc1=O)-c1c(ccc(Cl)c1F)CC(C)CO2. The topological polar surface area (TPSA) is 103 Å². The van der Waals surface area contributed by atoms with E-state index in [1.165, 1.54) is 29.0 Å². The molecule has 2 atom stereocenters. The number of hydrogen-bond donors (Lipinski definition) is 2. The number of nitrogens with one attached hydrogen (secondary N) is 1. The van der Waals surface area contributed by atoms with Gasteiger partial charge in [0, 0.05) is 22.9 Å². The number of rotatable bonds is 5. The molecule has 2 aromatic carbocycles. The zero-order valence-electron chi connectivity index (χ0n) is 19.6. The van der Waals surface area contributed by atoms with Crippen molar-refractivity contribution in [1.29, 1.82) is 0 Å². The summed E-state index contributed by atoms with van der Waals surface area (Å²) in [5.74, 6) is -2.74. The lowest BCUT2D eigenvalue weighted by molar-refractivity contribution is -0.119. The molecule has 3 N–H and O–H groups in total. The molecule has 0 bridgehead atoms. The first kappa shape index (κ1) is 25.4. The van der Waals surface area contributed by atoms with E-state index in [2.05, 4.69) is 5.32 Å². The van der Waals surface area contributed by atoms with Crippen LogP contribution >= 0.6 is 11.6 Å². The third-order valence-corrected chi connectivity index (χ3v) is 6.41. The minimum absolute atomic E-state index is 0.0568. The highest BCUT2D eigenvalue weighted by molar-refractivity contribution is 6.31. The molecular weight excluding hydrogens is 492 g/mol. The monoisotopic (exact) mass is 515 g/mol. The number of anilines is 1. The Bertz CT molecular complexity index is 1420. The Hall–Kier alpha value is -3.72. The van der Waals surface area contributed by atoms with Crippen LogP contribution in [0.15, 0.2) is 47.4 Å². The highest BCUT2D eigenvalue weighted by Crippen LogP contribution is 2.39. The summed E-state index contributed by atoms with van der Waals surface area (Å²) >= 11 is 6.04. The van der Waals surface area contributed by atoms with Crippen LogP contribution in [-0.2, 0) is 11.2 Å². The molecule has 0 fully saturated rings. The Morgan fingerprint density at radius 1 is 1.25 bits per heavy atom. The van der Waals surface area contributed by atoms with Gasteiger partial charge in [-0.2, -0.15) is 0 Å². The summed E-state index contributed by atoms with van der Waals surface area (Å²) in [7, 11) is 0. The molecule has 2 heterocycles. The van der Waals surface area contributed by atoms with Gasteiger partial charge >= 0.3 is 0 Å². The average Bonchev–Trinajstić information content (AvgIpc) is 2.81. The molecule has 0 spiro atoms. The third kappa shape index (κ3) is 4.83. The second-order valence-electron chi connectivity index (χ2n) is 8.78. The number of benzene rings is 2. The van der Waals surface area contributed by atoms with E-state index < -0.39 is 35.0 Å². The molecule has 3 aromatic rings. The number of nitrogens with zero attached hydrogens (tertiary/aromatic N) is 1. The van der Waals surface area contributed by atoms with Crippen molar-refractivity contribution in [3.8, 4) is 16.9 Å². The number of carbonyl (C=O) groups is 2. The summed E-state index contributed by atoms with van der Waals surface area (Å²) in [5, 5.41) is 2.49. The van der Waals surface area contributed by atoms with Crippen molar-refractivity contribution in [3.05, 3.63) is 80.7 Å². The van der Waals surface area contributed by atoms with Crippen molar-refractivity contribution < 1.29 is 23.1 Å². The van der Waals surface area contributed by atoms with E-state index in [1.54, 1.807) is 13.0 Å². The highest BCUT2D eigenvalue weighted by Gasteiger charge is 2.27. The van der Waals surface area contributed by atoms with Gasteiger partial charge in [0.25, 0.3) is 11.5 Å². The van der Waals surface area contributed by atoms with Crippen LogP contribution in [0.1, 0.15) is 42.2 Å². The summed E-state index contributed by atoms with van der Waals surface area (Å²) in [6, 6.07) is 6.97. The maximum Gasteiger partial charge on any atom is 0.252 e. The predicted octanol–water partition coefficient (Wildman–Crippen LogP) is 4.71. The van der Waals surface area contributed by atoms with Gasteiger partial charge in [-0.15, -0.1) is 0 Å². The lowest BCUT2D eigenvalue weighted by Crippen LogP contribution is -2.33. The number of primary amides is 1. The second-order valence-corrected chi connectivity index (χ2v) is 9.19. The summed E-state index contributed by atoms with van der Waals surface area (Å²) in [4.78, 5) is 37.5. The van der Waals surface area contributed by atoms with Crippen molar-refractivity contribution >= 4 is 29.1 Å². The highest BCUT2D eigenvalue weighted by atomic mass is 35.5. The summed E-state index contributed by atoms with van der Waals surface area (Å²) in [6.45, 7) is 3.99. The molecule has 1 aromatic heterocycles. The van der Waals surface area contributed by atoms with Gasteiger partial charge in [0.2, 0.25) is 5.91 Å². The fourth-order valence-corrected chi connectivity index (χ4v) is 4.49. The molecule has 10 heteroatoms. The van der Waals surface area contributed by atoms with E-state index in [0.29, 0.717) is 18.6 Å². The van der Waals surface area contributed by atoms with Crippen molar-refractivity contribution in [3.63, 3.8) is 0 Å². The normalized spacial score (nSPS) is 15.5. The van der Waals surface area contributed by atoms with Gasteiger partial charge < -0.3 is 15.8 Å². The van der Waals surface area contributed by atoms with Gasteiger partial charge in [-0.25, -0.2) is 8.78 Å². The lowest BCUT2D eigenvalue weighted by Gasteiger charge is -2.25. The van der Waals surface area contributed by atoms with Crippen LogP contribution in [-0.4, -0.2) is 23.0 Å². The zero-order chi connectivity index (χ0) is 26.1. The van der Waals surface area contributed by atoms with Crippen molar-refractivity contribution in [2.45, 2.75) is 32.7 Å². The molecule has 7 nitrogen and oxygen atoms in total. The number of nitrogens with two attached hydrogens (primary N) is 1. The van der Waals surface area contributed by atoms with E-state index in [9.17, 15) is 18.8 Å². The summed E-state index contributed by atoms with van der Waals surface area (Å²) in [5.41, 5.74) is 5.52. The number of amides is 2. The first-order valence-electron chi connectivity index (χ1n) is 11.4. The largest absolute Gasteiger partial charge is 0.491 e. The fraction of sp³-hybridized carbons (Fsp3) is 0.269. The Morgan fingerprint density at radius 2 is 2.00 bits per heavy atom. The fourth-order valence-electron chi connectivity index (χ4n) is 4.33. The van der Waals surface area contributed by atoms with E-state index in [1.807, 2.05) is 6.92 Å². The lowest BCUT2D eigenvalue weighted by atomic mass is 9.91. The molecule has 2 amide bonds. The summed E-state index contributed by atoms with van der Waals surface area (Å²) < 4.78 is 36.4. The minimum Gasteiger partial charge on any atom is -0.491 e. The van der Waals surface area contributed by atoms with Gasteiger partial charge in [-0.1, -0.05) is 31.5 Å². The molecule has 0 saturated carbocycles. The number of fused-ring (bicyclic) bond motifs is 3. The molecule has 1 aliphatic heterocycles. The van der Waals surface area contributed by atoms with Gasteiger partial charge in [0.1, 0.15) is 23.4 Å². The number of carbonyl (C=O) groups excluding carboxylic acids is 2. The van der Waals surface area contributed by atoms with Crippen LogP contribution in [0, 0.1) is 17.6 Å².